The van der Waals surface area contributed by atoms with Gasteiger partial charge in [-0.15, -0.1) is 0 Å². The van der Waals surface area contributed by atoms with Crippen molar-refractivity contribution in [1.82, 2.24) is 14.1 Å². The Morgan fingerprint density at radius 1 is 0.267 bits per heavy atom. The zero-order chi connectivity index (χ0) is 39.6. The van der Waals surface area contributed by atoms with E-state index in [9.17, 15) is 0 Å². The highest BCUT2D eigenvalue weighted by Crippen LogP contribution is 2.39. The molecule has 3 aromatic heterocycles. The van der Waals surface area contributed by atoms with E-state index in [-0.39, 0.29) is 0 Å². The average molecular weight is 764 g/mol. The van der Waals surface area contributed by atoms with Crippen LogP contribution in [0.25, 0.3) is 111 Å². The maximum atomic E-state index is 5.39. The molecule has 0 saturated heterocycles. The molecule has 0 amide bonds. The van der Waals surface area contributed by atoms with Crippen LogP contribution in [0.5, 0.6) is 0 Å². The molecule has 0 radical (unpaired) electrons. The quantitative estimate of drug-likeness (QED) is 0.165. The number of benzene rings is 9. The summed E-state index contributed by atoms with van der Waals surface area (Å²) in [5.41, 5.74) is 17.0. The number of pyridine rings is 1. The van der Waals surface area contributed by atoms with Gasteiger partial charge in [0, 0.05) is 43.9 Å². The summed E-state index contributed by atoms with van der Waals surface area (Å²) in [5.74, 6) is 0. The number of para-hydroxylation sites is 4. The fourth-order valence-corrected chi connectivity index (χ4v) is 9.30. The highest BCUT2D eigenvalue weighted by atomic mass is 15.0. The molecule has 0 aliphatic rings. The number of hydrogen-bond donors (Lipinski definition) is 0. The third-order valence-corrected chi connectivity index (χ3v) is 12.1. The Bertz CT molecular complexity index is 3480. The first-order chi connectivity index (χ1) is 29.7. The van der Waals surface area contributed by atoms with Gasteiger partial charge in [-0.1, -0.05) is 158 Å². The van der Waals surface area contributed by atoms with Crippen LogP contribution in [-0.4, -0.2) is 14.1 Å². The lowest BCUT2D eigenvalue weighted by atomic mass is 9.94. The van der Waals surface area contributed by atoms with E-state index in [4.69, 9.17) is 4.98 Å². The van der Waals surface area contributed by atoms with Gasteiger partial charge in [-0.25, -0.2) is 4.98 Å². The monoisotopic (exact) mass is 763 g/mol. The fraction of sp³-hybridized carbons (Fsp3) is 0. The highest BCUT2D eigenvalue weighted by molar-refractivity contribution is 6.10. The van der Waals surface area contributed by atoms with E-state index in [1.807, 2.05) is 0 Å². The van der Waals surface area contributed by atoms with E-state index in [1.165, 1.54) is 54.7 Å². The van der Waals surface area contributed by atoms with Crippen LogP contribution in [0.1, 0.15) is 0 Å². The van der Waals surface area contributed by atoms with E-state index in [0.29, 0.717) is 0 Å². The molecule has 12 rings (SSSR count). The Balaban J connectivity index is 1.02. The van der Waals surface area contributed by atoms with E-state index in [1.54, 1.807) is 0 Å². The molecular formula is C57H37N3. The third-order valence-electron chi connectivity index (χ3n) is 12.1. The topological polar surface area (TPSA) is 22.8 Å². The summed E-state index contributed by atoms with van der Waals surface area (Å²) < 4.78 is 4.76. The summed E-state index contributed by atoms with van der Waals surface area (Å²) in [6, 6.07) is 81.0. The molecule has 3 heteroatoms. The normalized spacial score (nSPS) is 11.7. The van der Waals surface area contributed by atoms with Crippen LogP contribution in [0.3, 0.4) is 0 Å². The van der Waals surface area contributed by atoms with Crippen LogP contribution in [0, 0.1) is 0 Å². The molecule has 0 atom stereocenters. The van der Waals surface area contributed by atoms with Crippen LogP contribution < -0.4 is 0 Å². The summed E-state index contributed by atoms with van der Waals surface area (Å²) in [6.07, 6.45) is 0. The SMILES string of the molecule is c1ccc(-c2ccc(-c3cc(-c4cccc(-n5c6ccccc6c6ccccc65)c4)nc4ccc(-c5cccc(-n6c7ccccc7c7ccccc76)c5)cc34)cc2)cc1. The number of fused-ring (bicyclic) bond motifs is 7. The van der Waals surface area contributed by atoms with Crippen LogP contribution in [0.15, 0.2) is 224 Å². The predicted molar refractivity (Wildman–Crippen MR) is 252 cm³/mol. The predicted octanol–water partition coefficient (Wildman–Crippen LogP) is 15.1. The summed E-state index contributed by atoms with van der Waals surface area (Å²) in [7, 11) is 0. The van der Waals surface area contributed by atoms with E-state index in [2.05, 4.69) is 234 Å². The molecular weight excluding hydrogens is 727 g/mol. The smallest absolute Gasteiger partial charge is 0.0716 e. The van der Waals surface area contributed by atoms with Crippen molar-refractivity contribution in [2.75, 3.05) is 0 Å². The molecule has 280 valence electrons. The van der Waals surface area contributed by atoms with Crippen LogP contribution in [0.2, 0.25) is 0 Å². The van der Waals surface area contributed by atoms with E-state index >= 15 is 0 Å². The van der Waals surface area contributed by atoms with Crippen molar-refractivity contribution >= 4 is 54.5 Å². The zero-order valence-corrected chi connectivity index (χ0v) is 32.7. The van der Waals surface area contributed by atoms with Gasteiger partial charge in [0.15, 0.2) is 0 Å². The molecule has 9 aromatic carbocycles. The first kappa shape index (κ1) is 34.1. The molecule has 0 spiro atoms. The summed E-state index contributed by atoms with van der Waals surface area (Å²) in [6.45, 7) is 0. The number of hydrogen-bond acceptors (Lipinski definition) is 1. The molecule has 0 saturated carbocycles. The van der Waals surface area contributed by atoms with E-state index < -0.39 is 0 Å². The van der Waals surface area contributed by atoms with Crippen molar-refractivity contribution in [3.8, 4) is 56.0 Å². The zero-order valence-electron chi connectivity index (χ0n) is 32.7. The molecule has 3 heterocycles. The molecule has 0 fully saturated rings. The Morgan fingerprint density at radius 2 is 0.683 bits per heavy atom. The van der Waals surface area contributed by atoms with Gasteiger partial charge in [0.2, 0.25) is 0 Å². The molecule has 0 bridgehead atoms. The second-order valence-electron chi connectivity index (χ2n) is 15.6. The molecule has 0 aliphatic heterocycles. The van der Waals surface area contributed by atoms with Gasteiger partial charge in [0.25, 0.3) is 0 Å². The lowest BCUT2D eigenvalue weighted by Crippen LogP contribution is -1.96. The summed E-state index contributed by atoms with van der Waals surface area (Å²) in [4.78, 5) is 5.39. The van der Waals surface area contributed by atoms with Crippen LogP contribution in [-0.2, 0) is 0 Å². The van der Waals surface area contributed by atoms with Crippen LogP contribution in [0.4, 0.5) is 0 Å². The molecule has 12 aromatic rings. The second kappa shape index (κ2) is 13.8. The lowest BCUT2D eigenvalue weighted by Gasteiger charge is -2.15. The van der Waals surface area contributed by atoms with Gasteiger partial charge >= 0.3 is 0 Å². The van der Waals surface area contributed by atoms with Crippen molar-refractivity contribution in [2.45, 2.75) is 0 Å². The average Bonchev–Trinajstić information content (AvgIpc) is 3.85. The van der Waals surface area contributed by atoms with Gasteiger partial charge in [0.1, 0.15) is 0 Å². The van der Waals surface area contributed by atoms with E-state index in [0.717, 1.165) is 55.8 Å². The maximum Gasteiger partial charge on any atom is 0.0716 e. The molecule has 0 aliphatic carbocycles. The molecule has 60 heavy (non-hydrogen) atoms. The van der Waals surface area contributed by atoms with Crippen molar-refractivity contribution in [1.29, 1.82) is 0 Å². The first-order valence-electron chi connectivity index (χ1n) is 20.5. The molecule has 0 N–H and O–H groups in total. The Labute approximate surface area is 347 Å². The largest absolute Gasteiger partial charge is 0.309 e. The summed E-state index contributed by atoms with van der Waals surface area (Å²) in [5, 5.41) is 6.13. The minimum Gasteiger partial charge on any atom is -0.309 e. The van der Waals surface area contributed by atoms with Crippen molar-refractivity contribution in [3.05, 3.63) is 224 Å². The number of rotatable bonds is 6. The number of nitrogens with zero attached hydrogens (tertiary/aromatic N) is 3. The van der Waals surface area contributed by atoms with Crippen LogP contribution >= 0.6 is 0 Å². The Morgan fingerprint density at radius 3 is 1.25 bits per heavy atom. The molecule has 0 unspecified atom stereocenters. The van der Waals surface area contributed by atoms with Crippen molar-refractivity contribution in [2.24, 2.45) is 0 Å². The maximum absolute atomic E-state index is 5.39. The van der Waals surface area contributed by atoms with Gasteiger partial charge in [-0.2, -0.15) is 0 Å². The standard InChI is InChI=1S/C57H37N3/c1-2-14-38(15-3-1)39-28-30-40(31-29-39)50-37-53(43-17-13-19-45(35-43)60-56-26-10-6-22-48(56)49-23-7-11-27-57(49)60)58-52-33-32-42(36-51(50)52)41-16-12-18-44(34-41)59-54-24-8-4-20-46(54)47-21-5-9-25-55(47)59/h1-37H. The lowest BCUT2D eigenvalue weighted by molar-refractivity contribution is 1.18. The van der Waals surface area contributed by atoms with Gasteiger partial charge in [-0.3, -0.25) is 0 Å². The van der Waals surface area contributed by atoms with Crippen molar-refractivity contribution in [3.63, 3.8) is 0 Å². The third kappa shape index (κ3) is 5.55. The minimum atomic E-state index is 0.938. The highest BCUT2D eigenvalue weighted by Gasteiger charge is 2.17. The number of aromatic nitrogens is 3. The summed E-state index contributed by atoms with van der Waals surface area (Å²) >= 11 is 0. The van der Waals surface area contributed by atoms with Gasteiger partial charge in [0.05, 0.1) is 33.3 Å². The second-order valence-corrected chi connectivity index (χ2v) is 15.6. The van der Waals surface area contributed by atoms with Gasteiger partial charge < -0.3 is 9.13 Å². The van der Waals surface area contributed by atoms with Crippen molar-refractivity contribution < 1.29 is 0 Å². The molecule has 3 nitrogen and oxygen atoms in total. The Hall–Kier alpha value is -8.01. The fourth-order valence-electron chi connectivity index (χ4n) is 9.30. The first-order valence-corrected chi connectivity index (χ1v) is 20.5. The Kier molecular flexibility index (Phi) is 7.85. The van der Waals surface area contributed by atoms with Gasteiger partial charge in [-0.05, 0) is 100 Å². The minimum absolute atomic E-state index is 0.938.